The van der Waals surface area contributed by atoms with Gasteiger partial charge in [-0.2, -0.15) is 4.98 Å². The summed E-state index contributed by atoms with van der Waals surface area (Å²) in [5.74, 6) is 1.16. The van der Waals surface area contributed by atoms with E-state index in [0.29, 0.717) is 23.3 Å². The monoisotopic (exact) mass is 248 g/mol. The van der Waals surface area contributed by atoms with Gasteiger partial charge in [0.25, 0.3) is 0 Å². The van der Waals surface area contributed by atoms with Crippen LogP contribution in [0.25, 0.3) is 0 Å². The smallest absolute Gasteiger partial charge is 0.217 e. The molecular weight excluding hydrogens is 236 g/mol. The Bertz CT molecular complexity index is 529. The fourth-order valence-electron chi connectivity index (χ4n) is 1.60. The minimum atomic E-state index is 0.403. The molecule has 17 heavy (non-hydrogen) atoms. The first-order valence-electron chi connectivity index (χ1n) is 5.31. The van der Waals surface area contributed by atoms with E-state index in [-0.39, 0.29) is 0 Å². The Morgan fingerprint density at radius 1 is 1.24 bits per heavy atom. The van der Waals surface area contributed by atoms with Gasteiger partial charge in [0, 0.05) is 12.5 Å². The second kappa shape index (κ2) is 5.15. The quantitative estimate of drug-likeness (QED) is 0.783. The molecule has 0 saturated carbocycles. The maximum Gasteiger partial charge on any atom is 0.217 e. The predicted molar refractivity (Wildman–Crippen MR) is 67.6 cm³/mol. The number of aromatic nitrogens is 2. The third-order valence-corrected chi connectivity index (χ3v) is 2.73. The Morgan fingerprint density at radius 2 is 2.00 bits per heavy atom. The van der Waals surface area contributed by atoms with Crippen molar-refractivity contribution < 1.29 is 4.74 Å². The second-order valence-electron chi connectivity index (χ2n) is 3.75. The molecule has 0 fully saturated rings. The highest BCUT2D eigenvalue weighted by molar-refractivity contribution is 6.29. The van der Waals surface area contributed by atoms with Crippen LogP contribution in [0.2, 0.25) is 5.15 Å². The summed E-state index contributed by atoms with van der Waals surface area (Å²) in [4.78, 5) is 8.46. The van der Waals surface area contributed by atoms with E-state index in [1.54, 1.807) is 13.2 Å². The fourth-order valence-corrected chi connectivity index (χ4v) is 1.80. The molecule has 0 N–H and O–H groups in total. The van der Waals surface area contributed by atoms with Crippen molar-refractivity contribution >= 4 is 11.6 Å². The lowest BCUT2D eigenvalue weighted by Gasteiger charge is -2.06. The summed E-state index contributed by atoms with van der Waals surface area (Å²) in [7, 11) is 1.57. The Balaban J connectivity index is 2.30. The van der Waals surface area contributed by atoms with Crippen LogP contribution in [-0.4, -0.2) is 17.1 Å². The number of benzene rings is 1. The van der Waals surface area contributed by atoms with E-state index in [1.807, 2.05) is 12.1 Å². The molecule has 0 amide bonds. The highest BCUT2D eigenvalue weighted by Crippen LogP contribution is 2.16. The SMILES string of the molecule is COc1cc(Cl)nc(Cc2ccccc2C)n1. The van der Waals surface area contributed by atoms with Gasteiger partial charge in [-0.05, 0) is 18.1 Å². The highest BCUT2D eigenvalue weighted by atomic mass is 35.5. The summed E-state index contributed by atoms with van der Waals surface area (Å²) in [5, 5.41) is 0.403. The minimum absolute atomic E-state index is 0.403. The standard InChI is InChI=1S/C13H13ClN2O/c1-9-5-3-4-6-10(9)7-12-15-11(14)8-13(16-12)17-2/h3-6,8H,7H2,1-2H3. The molecule has 1 heterocycles. The van der Waals surface area contributed by atoms with Crippen molar-refractivity contribution in [3.05, 3.63) is 52.4 Å². The number of halogens is 1. The molecule has 0 bridgehead atoms. The first-order chi connectivity index (χ1) is 8.19. The van der Waals surface area contributed by atoms with Crippen LogP contribution in [0.1, 0.15) is 17.0 Å². The van der Waals surface area contributed by atoms with E-state index < -0.39 is 0 Å². The summed E-state index contributed by atoms with van der Waals surface area (Å²) >= 11 is 5.90. The van der Waals surface area contributed by atoms with Gasteiger partial charge in [-0.25, -0.2) is 4.98 Å². The van der Waals surface area contributed by atoms with Crippen LogP contribution in [0.4, 0.5) is 0 Å². The number of aryl methyl sites for hydroxylation is 1. The zero-order valence-electron chi connectivity index (χ0n) is 9.77. The van der Waals surface area contributed by atoms with E-state index in [1.165, 1.54) is 11.1 Å². The molecule has 0 aliphatic rings. The Kier molecular flexibility index (Phi) is 3.59. The molecule has 88 valence electrons. The largest absolute Gasteiger partial charge is 0.481 e. The number of rotatable bonds is 3. The van der Waals surface area contributed by atoms with Crippen molar-refractivity contribution in [1.82, 2.24) is 9.97 Å². The maximum atomic E-state index is 5.90. The van der Waals surface area contributed by atoms with Gasteiger partial charge in [-0.3, -0.25) is 0 Å². The van der Waals surface area contributed by atoms with Crippen molar-refractivity contribution in [2.24, 2.45) is 0 Å². The van der Waals surface area contributed by atoms with Crippen molar-refractivity contribution in [3.8, 4) is 5.88 Å². The van der Waals surface area contributed by atoms with Gasteiger partial charge in [0.05, 0.1) is 7.11 Å². The molecule has 0 radical (unpaired) electrons. The average molecular weight is 249 g/mol. The molecule has 0 atom stereocenters. The molecule has 0 spiro atoms. The lowest BCUT2D eigenvalue weighted by Crippen LogP contribution is -2.00. The van der Waals surface area contributed by atoms with Crippen LogP contribution >= 0.6 is 11.6 Å². The molecule has 2 aromatic rings. The van der Waals surface area contributed by atoms with Crippen molar-refractivity contribution in [2.75, 3.05) is 7.11 Å². The summed E-state index contributed by atoms with van der Waals surface area (Å²) in [6, 6.07) is 9.74. The molecule has 3 nitrogen and oxygen atoms in total. The summed E-state index contributed by atoms with van der Waals surface area (Å²) in [6.45, 7) is 2.07. The topological polar surface area (TPSA) is 35.0 Å². The van der Waals surface area contributed by atoms with Crippen LogP contribution < -0.4 is 4.74 Å². The van der Waals surface area contributed by atoms with E-state index in [2.05, 4.69) is 29.0 Å². The van der Waals surface area contributed by atoms with E-state index in [9.17, 15) is 0 Å². The number of hydrogen-bond donors (Lipinski definition) is 0. The predicted octanol–water partition coefficient (Wildman–Crippen LogP) is 3.04. The second-order valence-corrected chi connectivity index (χ2v) is 4.14. The molecule has 2 rings (SSSR count). The zero-order chi connectivity index (χ0) is 12.3. The van der Waals surface area contributed by atoms with E-state index >= 15 is 0 Å². The van der Waals surface area contributed by atoms with Gasteiger partial charge < -0.3 is 4.74 Å². The Hall–Kier alpha value is -1.61. The first-order valence-corrected chi connectivity index (χ1v) is 5.69. The van der Waals surface area contributed by atoms with E-state index in [0.717, 1.165) is 0 Å². The molecule has 0 aliphatic carbocycles. The highest BCUT2D eigenvalue weighted by Gasteiger charge is 2.06. The zero-order valence-corrected chi connectivity index (χ0v) is 10.5. The molecule has 0 aliphatic heterocycles. The van der Waals surface area contributed by atoms with Crippen molar-refractivity contribution in [3.63, 3.8) is 0 Å². The third kappa shape index (κ3) is 2.94. The summed E-state index contributed by atoms with van der Waals surface area (Å²) < 4.78 is 5.07. The summed E-state index contributed by atoms with van der Waals surface area (Å²) in [6.07, 6.45) is 0.656. The van der Waals surface area contributed by atoms with Crippen molar-refractivity contribution in [2.45, 2.75) is 13.3 Å². The van der Waals surface area contributed by atoms with Crippen LogP contribution in [0.5, 0.6) is 5.88 Å². The van der Waals surface area contributed by atoms with Gasteiger partial charge in [0.1, 0.15) is 11.0 Å². The van der Waals surface area contributed by atoms with Gasteiger partial charge in [-0.15, -0.1) is 0 Å². The number of hydrogen-bond acceptors (Lipinski definition) is 3. The molecule has 1 aromatic carbocycles. The van der Waals surface area contributed by atoms with Gasteiger partial charge in [0.15, 0.2) is 0 Å². The van der Waals surface area contributed by atoms with Crippen molar-refractivity contribution in [1.29, 1.82) is 0 Å². The number of methoxy groups -OCH3 is 1. The van der Waals surface area contributed by atoms with E-state index in [4.69, 9.17) is 16.3 Å². The molecule has 0 unspecified atom stereocenters. The van der Waals surface area contributed by atoms with Crippen LogP contribution in [0, 0.1) is 6.92 Å². The van der Waals surface area contributed by atoms with Crippen LogP contribution in [0.3, 0.4) is 0 Å². The normalized spacial score (nSPS) is 10.3. The fraction of sp³-hybridized carbons (Fsp3) is 0.231. The van der Waals surface area contributed by atoms with Crippen LogP contribution in [0.15, 0.2) is 30.3 Å². The minimum Gasteiger partial charge on any atom is -0.481 e. The number of ether oxygens (including phenoxy) is 1. The van der Waals surface area contributed by atoms with Gasteiger partial charge in [0.2, 0.25) is 5.88 Å². The molecule has 1 aromatic heterocycles. The van der Waals surface area contributed by atoms with Gasteiger partial charge >= 0.3 is 0 Å². The average Bonchev–Trinajstić information content (AvgIpc) is 2.31. The van der Waals surface area contributed by atoms with Gasteiger partial charge in [-0.1, -0.05) is 35.9 Å². The Labute approximate surface area is 105 Å². The summed E-state index contributed by atoms with van der Waals surface area (Å²) in [5.41, 5.74) is 2.41. The number of nitrogens with zero attached hydrogens (tertiary/aromatic N) is 2. The maximum absolute atomic E-state index is 5.90. The third-order valence-electron chi connectivity index (χ3n) is 2.54. The molecule has 4 heteroatoms. The molecule has 0 saturated heterocycles. The molecular formula is C13H13ClN2O. The first kappa shape index (κ1) is 11.9. The lowest BCUT2D eigenvalue weighted by atomic mass is 10.1. The lowest BCUT2D eigenvalue weighted by molar-refractivity contribution is 0.395. The Morgan fingerprint density at radius 3 is 2.71 bits per heavy atom. The van der Waals surface area contributed by atoms with Crippen LogP contribution in [-0.2, 0) is 6.42 Å².